The predicted molar refractivity (Wildman–Crippen MR) is 99.5 cm³/mol. The summed E-state index contributed by atoms with van der Waals surface area (Å²) in [6.45, 7) is 1.56. The van der Waals surface area contributed by atoms with Crippen molar-refractivity contribution in [3.63, 3.8) is 0 Å². The number of benzene rings is 1. The molecule has 8 nitrogen and oxygen atoms in total. The van der Waals surface area contributed by atoms with Crippen molar-refractivity contribution in [3.05, 3.63) is 29.8 Å². The first-order valence-electron chi connectivity index (χ1n) is 9.64. The number of esters is 1. The quantitative estimate of drug-likeness (QED) is 0.624. The largest absolute Gasteiger partial charge is 0.451 e. The summed E-state index contributed by atoms with van der Waals surface area (Å²) in [4.78, 5) is 52.3. The Bertz CT molecular complexity index is 846. The highest BCUT2D eigenvalue weighted by Gasteiger charge is 2.53. The van der Waals surface area contributed by atoms with E-state index in [1.165, 1.54) is 6.92 Å². The predicted octanol–water partition coefficient (Wildman–Crippen LogP) is 1.37. The molecule has 1 aromatic rings. The lowest BCUT2D eigenvalue weighted by Crippen LogP contribution is -2.45. The van der Waals surface area contributed by atoms with Gasteiger partial charge in [-0.3, -0.25) is 19.3 Å². The molecule has 3 aliphatic rings. The van der Waals surface area contributed by atoms with Gasteiger partial charge in [-0.25, -0.2) is 4.79 Å². The van der Waals surface area contributed by atoms with Gasteiger partial charge in [-0.15, -0.1) is 0 Å². The van der Waals surface area contributed by atoms with E-state index in [-0.39, 0.29) is 11.8 Å². The number of carbonyl (C=O) groups is 4. The third-order valence-electron chi connectivity index (χ3n) is 5.80. The van der Waals surface area contributed by atoms with Crippen molar-refractivity contribution in [2.45, 2.75) is 50.7 Å². The fourth-order valence-electron chi connectivity index (χ4n) is 4.34. The maximum atomic E-state index is 12.7. The van der Waals surface area contributed by atoms with Crippen molar-refractivity contribution in [1.29, 1.82) is 0 Å². The zero-order valence-electron chi connectivity index (χ0n) is 15.8. The molecule has 2 fully saturated rings. The molecule has 1 aliphatic carbocycles. The summed E-state index contributed by atoms with van der Waals surface area (Å²) in [5.41, 5.74) is 1.04. The average molecular weight is 385 g/mol. The maximum Gasteiger partial charge on any atom is 0.327 e. The number of carbonyl (C=O) groups excluding carboxylic acids is 4. The van der Waals surface area contributed by atoms with Gasteiger partial charge < -0.3 is 15.0 Å². The summed E-state index contributed by atoms with van der Waals surface area (Å²) >= 11 is 0. The number of imide groups is 1. The van der Waals surface area contributed by atoms with E-state index in [1.807, 2.05) is 24.3 Å². The standard InChI is InChI=1S/C20H23N3O5/c1-13(17(25)22-11-8-14-6-2-3-7-15(14)22)28-16(24)12-23-18(26)20(21-19(23)27)9-4-5-10-20/h2-3,6-7,13H,4-5,8-12H2,1H3,(H,21,27)/t13-/m0/s1. The Kier molecular flexibility index (Phi) is 4.56. The highest BCUT2D eigenvalue weighted by Crippen LogP contribution is 2.35. The molecule has 1 saturated carbocycles. The Hall–Kier alpha value is -2.90. The molecule has 1 atom stereocenters. The van der Waals surface area contributed by atoms with Crippen LogP contribution >= 0.6 is 0 Å². The smallest absolute Gasteiger partial charge is 0.327 e. The summed E-state index contributed by atoms with van der Waals surface area (Å²) in [6.07, 6.45) is 2.67. The molecule has 0 radical (unpaired) electrons. The van der Waals surface area contributed by atoms with Crippen molar-refractivity contribution in [2.75, 3.05) is 18.0 Å². The van der Waals surface area contributed by atoms with Gasteiger partial charge in [-0.1, -0.05) is 31.0 Å². The molecule has 1 saturated heterocycles. The minimum absolute atomic E-state index is 0.317. The molecule has 1 aromatic carbocycles. The second kappa shape index (κ2) is 6.92. The molecule has 8 heteroatoms. The Balaban J connectivity index is 1.37. The van der Waals surface area contributed by atoms with Crippen LogP contribution < -0.4 is 10.2 Å². The van der Waals surface area contributed by atoms with Crippen LogP contribution in [0.15, 0.2) is 24.3 Å². The van der Waals surface area contributed by atoms with Crippen LogP contribution in [0.1, 0.15) is 38.2 Å². The molecule has 1 N–H and O–H groups in total. The van der Waals surface area contributed by atoms with Gasteiger partial charge in [0.25, 0.3) is 11.8 Å². The molecule has 148 valence electrons. The summed E-state index contributed by atoms with van der Waals surface area (Å²) in [5.74, 6) is -1.46. The third kappa shape index (κ3) is 3.02. The van der Waals surface area contributed by atoms with Gasteiger partial charge in [-0.2, -0.15) is 0 Å². The Labute approximate surface area is 162 Å². The second-order valence-electron chi connectivity index (χ2n) is 7.61. The monoisotopic (exact) mass is 385 g/mol. The number of anilines is 1. The van der Waals surface area contributed by atoms with Crippen molar-refractivity contribution >= 4 is 29.5 Å². The van der Waals surface area contributed by atoms with E-state index in [1.54, 1.807) is 4.90 Å². The molecule has 0 unspecified atom stereocenters. The number of rotatable bonds is 4. The van der Waals surface area contributed by atoms with E-state index < -0.39 is 30.2 Å². The number of amides is 4. The first-order chi connectivity index (χ1) is 13.4. The highest BCUT2D eigenvalue weighted by atomic mass is 16.5. The second-order valence-corrected chi connectivity index (χ2v) is 7.61. The molecule has 2 aliphatic heterocycles. The number of nitrogens with zero attached hydrogens (tertiary/aromatic N) is 2. The van der Waals surface area contributed by atoms with Crippen LogP contribution in [0.4, 0.5) is 10.5 Å². The SMILES string of the molecule is C[C@H](OC(=O)CN1C(=O)NC2(CCCC2)C1=O)C(=O)N1CCc2ccccc21. The van der Waals surface area contributed by atoms with E-state index in [0.717, 1.165) is 35.4 Å². The fourth-order valence-corrected chi connectivity index (χ4v) is 4.34. The molecular weight excluding hydrogens is 362 g/mol. The van der Waals surface area contributed by atoms with Gasteiger partial charge in [-0.05, 0) is 37.8 Å². The van der Waals surface area contributed by atoms with Crippen LogP contribution in [0.3, 0.4) is 0 Å². The summed E-state index contributed by atoms with van der Waals surface area (Å²) in [7, 11) is 0. The minimum Gasteiger partial charge on any atom is -0.451 e. The number of hydrogen-bond acceptors (Lipinski definition) is 5. The number of hydrogen-bond donors (Lipinski definition) is 1. The first kappa shape index (κ1) is 18.5. The molecule has 1 spiro atoms. The maximum absolute atomic E-state index is 12.7. The van der Waals surface area contributed by atoms with E-state index in [4.69, 9.17) is 4.74 Å². The molecule has 4 amide bonds. The number of nitrogens with one attached hydrogen (secondary N) is 1. The first-order valence-corrected chi connectivity index (χ1v) is 9.64. The topological polar surface area (TPSA) is 96.0 Å². The number of urea groups is 1. The van der Waals surface area contributed by atoms with Gasteiger partial charge in [0, 0.05) is 12.2 Å². The van der Waals surface area contributed by atoms with Gasteiger partial charge in [0.2, 0.25) is 0 Å². The van der Waals surface area contributed by atoms with Crippen LogP contribution in [0.5, 0.6) is 0 Å². The Morgan fingerprint density at radius 1 is 1.21 bits per heavy atom. The van der Waals surface area contributed by atoms with Crippen LogP contribution in [0.2, 0.25) is 0 Å². The van der Waals surface area contributed by atoms with Gasteiger partial charge in [0.15, 0.2) is 6.10 Å². The molecule has 0 aromatic heterocycles. The van der Waals surface area contributed by atoms with E-state index in [2.05, 4.69) is 5.32 Å². The number of fused-ring (bicyclic) bond motifs is 1. The summed E-state index contributed by atoms with van der Waals surface area (Å²) in [6, 6.07) is 7.04. The number of para-hydroxylation sites is 1. The zero-order valence-corrected chi connectivity index (χ0v) is 15.8. The highest BCUT2D eigenvalue weighted by molar-refractivity contribution is 6.09. The van der Waals surface area contributed by atoms with E-state index in [9.17, 15) is 19.2 Å². The molecular formula is C20H23N3O5. The molecule has 4 rings (SSSR count). The number of ether oxygens (including phenoxy) is 1. The molecule has 0 bridgehead atoms. The lowest BCUT2D eigenvalue weighted by molar-refractivity contribution is -0.155. The summed E-state index contributed by atoms with van der Waals surface area (Å²) in [5, 5.41) is 2.72. The van der Waals surface area contributed by atoms with Crippen LogP contribution in [0, 0.1) is 0 Å². The normalized spacial score (nSPS) is 21.0. The van der Waals surface area contributed by atoms with Crippen molar-refractivity contribution in [2.24, 2.45) is 0 Å². The van der Waals surface area contributed by atoms with Gasteiger partial charge in [0.1, 0.15) is 12.1 Å². The zero-order chi connectivity index (χ0) is 19.9. The van der Waals surface area contributed by atoms with E-state index >= 15 is 0 Å². The van der Waals surface area contributed by atoms with Crippen molar-refractivity contribution < 1.29 is 23.9 Å². The Morgan fingerprint density at radius 3 is 2.68 bits per heavy atom. The Morgan fingerprint density at radius 2 is 1.93 bits per heavy atom. The lowest BCUT2D eigenvalue weighted by atomic mass is 9.98. The third-order valence-corrected chi connectivity index (χ3v) is 5.80. The fraction of sp³-hybridized carbons (Fsp3) is 0.500. The van der Waals surface area contributed by atoms with Gasteiger partial charge in [0.05, 0.1) is 0 Å². The average Bonchev–Trinajstić information content (AvgIpc) is 3.37. The summed E-state index contributed by atoms with van der Waals surface area (Å²) < 4.78 is 5.25. The van der Waals surface area contributed by atoms with Crippen molar-refractivity contribution in [1.82, 2.24) is 10.2 Å². The van der Waals surface area contributed by atoms with Crippen LogP contribution in [-0.2, 0) is 25.5 Å². The molecule has 28 heavy (non-hydrogen) atoms. The minimum atomic E-state index is -1.00. The van der Waals surface area contributed by atoms with Gasteiger partial charge >= 0.3 is 12.0 Å². The lowest BCUT2D eigenvalue weighted by Gasteiger charge is -2.23. The van der Waals surface area contributed by atoms with Crippen LogP contribution in [0.25, 0.3) is 0 Å². The van der Waals surface area contributed by atoms with Crippen LogP contribution in [-0.4, -0.2) is 53.4 Å². The van der Waals surface area contributed by atoms with E-state index in [0.29, 0.717) is 19.4 Å². The van der Waals surface area contributed by atoms with Crippen molar-refractivity contribution in [3.8, 4) is 0 Å². The molecule has 2 heterocycles.